The van der Waals surface area contributed by atoms with Gasteiger partial charge in [-0.1, -0.05) is 72.8 Å². The van der Waals surface area contributed by atoms with Gasteiger partial charge in [-0.3, -0.25) is 4.79 Å². The summed E-state index contributed by atoms with van der Waals surface area (Å²) in [6.07, 6.45) is 0. The number of nitrogens with two attached hydrogens (primary N) is 1. The summed E-state index contributed by atoms with van der Waals surface area (Å²) >= 11 is 3.85. The van der Waals surface area contributed by atoms with Crippen molar-refractivity contribution in [2.45, 2.75) is 10.8 Å². The van der Waals surface area contributed by atoms with Crippen LogP contribution in [-0.4, -0.2) is 22.9 Å². The van der Waals surface area contributed by atoms with Gasteiger partial charge in [-0.2, -0.15) is 0 Å². The lowest BCUT2D eigenvalue weighted by Crippen LogP contribution is -2.36. The second-order valence-corrected chi connectivity index (χ2v) is 8.66. The Morgan fingerprint density at radius 3 is 1.78 bits per heavy atom. The zero-order chi connectivity index (χ0) is 19.3. The first-order valence-electron chi connectivity index (χ1n) is 8.53. The van der Waals surface area contributed by atoms with Crippen LogP contribution in [0.25, 0.3) is 0 Å². The zero-order valence-corrected chi connectivity index (χ0v) is 17.6. The standard InChI is InChI=1S/C22H20INO2S/c23-19-13-11-18(12-14-19)22(16-7-3-1-4-8-16,17-9-5-2-6-10-17)27-15-20(24)21(25)26/h1-14,20H,15,24H2,(H,25,26)/t20-/m0/s1. The number of halogens is 1. The molecule has 1 atom stereocenters. The van der Waals surface area contributed by atoms with Crippen LogP contribution in [0.3, 0.4) is 0 Å². The summed E-state index contributed by atoms with van der Waals surface area (Å²) in [5.41, 5.74) is 9.15. The molecule has 3 aromatic rings. The summed E-state index contributed by atoms with van der Waals surface area (Å²) < 4.78 is 0.610. The Bertz CT molecular complexity index is 846. The van der Waals surface area contributed by atoms with E-state index in [-0.39, 0.29) is 0 Å². The van der Waals surface area contributed by atoms with Crippen molar-refractivity contribution < 1.29 is 9.90 Å². The highest BCUT2D eigenvalue weighted by Crippen LogP contribution is 2.48. The molecule has 0 aliphatic carbocycles. The molecule has 0 amide bonds. The Morgan fingerprint density at radius 2 is 1.33 bits per heavy atom. The van der Waals surface area contributed by atoms with Crippen LogP contribution >= 0.6 is 34.4 Å². The van der Waals surface area contributed by atoms with E-state index >= 15 is 0 Å². The largest absolute Gasteiger partial charge is 0.480 e. The molecule has 0 aliphatic rings. The first-order valence-corrected chi connectivity index (χ1v) is 10.6. The number of carbonyl (C=O) groups is 1. The summed E-state index contributed by atoms with van der Waals surface area (Å²) in [6.45, 7) is 0. The third-order valence-corrected chi connectivity index (χ3v) is 6.79. The van der Waals surface area contributed by atoms with Crippen molar-refractivity contribution in [3.05, 3.63) is 105 Å². The van der Waals surface area contributed by atoms with E-state index < -0.39 is 16.8 Å². The second-order valence-electron chi connectivity index (χ2n) is 6.18. The SMILES string of the molecule is N[C@@H](CSC(c1ccccc1)(c1ccccc1)c1ccc(I)cc1)C(=O)O. The van der Waals surface area contributed by atoms with E-state index in [1.165, 1.54) is 0 Å². The van der Waals surface area contributed by atoms with Gasteiger partial charge < -0.3 is 10.8 Å². The van der Waals surface area contributed by atoms with Crippen molar-refractivity contribution in [2.24, 2.45) is 5.73 Å². The fourth-order valence-electron chi connectivity index (χ4n) is 3.07. The number of aliphatic carboxylic acids is 1. The summed E-state index contributed by atoms with van der Waals surface area (Å²) in [7, 11) is 0. The minimum Gasteiger partial charge on any atom is -0.480 e. The number of thioether (sulfide) groups is 1. The highest BCUT2D eigenvalue weighted by atomic mass is 127. The van der Waals surface area contributed by atoms with Gasteiger partial charge in [0.1, 0.15) is 6.04 Å². The summed E-state index contributed by atoms with van der Waals surface area (Å²) in [4.78, 5) is 11.3. The molecule has 0 aromatic heterocycles. The van der Waals surface area contributed by atoms with Crippen molar-refractivity contribution in [3.8, 4) is 0 Å². The lowest BCUT2D eigenvalue weighted by atomic mass is 9.84. The van der Waals surface area contributed by atoms with E-state index in [4.69, 9.17) is 5.73 Å². The van der Waals surface area contributed by atoms with E-state index in [1.807, 2.05) is 36.4 Å². The molecule has 0 unspecified atom stereocenters. The molecule has 0 bridgehead atoms. The lowest BCUT2D eigenvalue weighted by molar-refractivity contribution is -0.137. The van der Waals surface area contributed by atoms with Crippen LogP contribution in [0.2, 0.25) is 0 Å². The molecule has 3 aromatic carbocycles. The molecule has 0 spiro atoms. The minimum atomic E-state index is -0.986. The molecule has 27 heavy (non-hydrogen) atoms. The predicted octanol–water partition coefficient (Wildman–Crippen LogP) is 4.73. The molecule has 0 radical (unpaired) electrons. The molecule has 3 nitrogen and oxygen atoms in total. The molecule has 0 saturated heterocycles. The quantitative estimate of drug-likeness (QED) is 0.372. The van der Waals surface area contributed by atoms with Gasteiger partial charge in [0.05, 0.1) is 4.75 Å². The Hall–Kier alpha value is -1.83. The van der Waals surface area contributed by atoms with E-state index in [0.29, 0.717) is 5.75 Å². The number of rotatable bonds is 7. The van der Waals surface area contributed by atoms with Crippen molar-refractivity contribution >= 4 is 40.3 Å². The van der Waals surface area contributed by atoms with Crippen molar-refractivity contribution in [3.63, 3.8) is 0 Å². The van der Waals surface area contributed by atoms with Crippen LogP contribution < -0.4 is 5.73 Å². The predicted molar refractivity (Wildman–Crippen MR) is 120 cm³/mol. The van der Waals surface area contributed by atoms with Gasteiger partial charge in [-0.25, -0.2) is 0 Å². The highest BCUT2D eigenvalue weighted by Gasteiger charge is 2.37. The number of benzene rings is 3. The van der Waals surface area contributed by atoms with Crippen LogP contribution in [-0.2, 0) is 9.54 Å². The molecule has 138 valence electrons. The first-order chi connectivity index (χ1) is 13.0. The number of carboxylic acids is 1. The van der Waals surface area contributed by atoms with Crippen LogP contribution in [0.5, 0.6) is 0 Å². The molecular formula is C22H20INO2S. The topological polar surface area (TPSA) is 63.3 Å². The Morgan fingerprint density at radius 1 is 0.889 bits per heavy atom. The van der Waals surface area contributed by atoms with Gasteiger partial charge in [-0.05, 0) is 51.4 Å². The normalized spacial score (nSPS) is 12.5. The van der Waals surface area contributed by atoms with Crippen molar-refractivity contribution in [1.29, 1.82) is 0 Å². The summed E-state index contributed by atoms with van der Waals surface area (Å²) in [6, 6.07) is 27.8. The number of hydrogen-bond donors (Lipinski definition) is 2. The average molecular weight is 489 g/mol. The molecule has 0 aliphatic heterocycles. The van der Waals surface area contributed by atoms with E-state index in [1.54, 1.807) is 11.8 Å². The molecule has 0 heterocycles. The monoisotopic (exact) mass is 489 g/mol. The Labute approximate surface area is 177 Å². The van der Waals surface area contributed by atoms with Crippen molar-refractivity contribution in [1.82, 2.24) is 0 Å². The number of carboxylic acid groups (broad SMARTS) is 1. The second kappa shape index (κ2) is 8.91. The zero-order valence-electron chi connectivity index (χ0n) is 14.6. The van der Waals surface area contributed by atoms with Gasteiger partial charge in [0.25, 0.3) is 0 Å². The average Bonchev–Trinajstić information content (AvgIpc) is 2.71. The van der Waals surface area contributed by atoms with Gasteiger partial charge in [0.15, 0.2) is 0 Å². The first kappa shape index (κ1) is 19.9. The van der Waals surface area contributed by atoms with E-state index in [9.17, 15) is 9.90 Å². The highest BCUT2D eigenvalue weighted by molar-refractivity contribution is 14.1. The molecule has 0 saturated carbocycles. The molecular weight excluding hydrogens is 469 g/mol. The fourth-order valence-corrected chi connectivity index (χ4v) is 4.91. The fraction of sp³-hybridized carbons (Fsp3) is 0.136. The minimum absolute atomic E-state index is 0.297. The third kappa shape index (κ3) is 4.36. The third-order valence-electron chi connectivity index (χ3n) is 4.41. The van der Waals surface area contributed by atoms with Crippen LogP contribution in [0.1, 0.15) is 16.7 Å². The maximum atomic E-state index is 11.3. The van der Waals surface area contributed by atoms with Gasteiger partial charge >= 0.3 is 5.97 Å². The Kier molecular flexibility index (Phi) is 6.57. The molecule has 5 heteroatoms. The van der Waals surface area contributed by atoms with Gasteiger partial charge in [0, 0.05) is 9.32 Å². The smallest absolute Gasteiger partial charge is 0.321 e. The lowest BCUT2D eigenvalue weighted by Gasteiger charge is -2.36. The molecule has 3 N–H and O–H groups in total. The maximum Gasteiger partial charge on any atom is 0.321 e. The van der Waals surface area contributed by atoms with Crippen molar-refractivity contribution in [2.75, 3.05) is 5.75 Å². The number of hydrogen-bond acceptors (Lipinski definition) is 3. The van der Waals surface area contributed by atoms with E-state index in [0.717, 1.165) is 20.3 Å². The summed E-state index contributed by atoms with van der Waals surface area (Å²) in [5, 5.41) is 9.29. The van der Waals surface area contributed by atoms with E-state index in [2.05, 4.69) is 71.1 Å². The molecule has 3 rings (SSSR count). The van der Waals surface area contributed by atoms with Crippen LogP contribution in [0, 0.1) is 3.57 Å². The Balaban J connectivity index is 2.21. The summed E-state index contributed by atoms with van der Waals surface area (Å²) in [5.74, 6) is -0.689. The van der Waals surface area contributed by atoms with Crippen LogP contribution in [0.4, 0.5) is 0 Å². The maximum absolute atomic E-state index is 11.3. The van der Waals surface area contributed by atoms with Gasteiger partial charge in [-0.15, -0.1) is 11.8 Å². The molecule has 0 fully saturated rings. The van der Waals surface area contributed by atoms with Crippen LogP contribution in [0.15, 0.2) is 84.9 Å². The van der Waals surface area contributed by atoms with Gasteiger partial charge in [0.2, 0.25) is 0 Å².